The minimum Gasteiger partial charge on any atom is -0.306 e. The molecule has 0 radical (unpaired) electrons. The van der Waals surface area contributed by atoms with Crippen LogP contribution in [-0.2, 0) is 0 Å². The lowest BCUT2D eigenvalue weighted by atomic mass is 9.96. The highest BCUT2D eigenvalue weighted by atomic mass is 19.2. The molecule has 0 saturated heterocycles. The lowest BCUT2D eigenvalue weighted by Crippen LogP contribution is -2.24. The van der Waals surface area contributed by atoms with Crippen LogP contribution in [0.15, 0.2) is 30.5 Å². The molecule has 4 heteroatoms. The van der Waals surface area contributed by atoms with Gasteiger partial charge in [0.2, 0.25) is 0 Å². The first-order valence-electron chi connectivity index (χ1n) is 6.65. The number of nitrogens with zero attached hydrogens (tertiary/aromatic N) is 1. The molecular formula is C16H18F2N2. The second kappa shape index (κ2) is 6.09. The zero-order chi connectivity index (χ0) is 14.7. The second-order valence-corrected chi connectivity index (χ2v) is 4.77. The molecule has 1 N–H and O–H groups in total. The number of hydrogen-bond donors (Lipinski definition) is 1. The van der Waals surface area contributed by atoms with E-state index in [0.717, 1.165) is 11.3 Å². The highest BCUT2D eigenvalue weighted by molar-refractivity contribution is 5.36. The standard InChI is InChI=1S/C16H18F2N2/c1-4-19-16(12-6-5-9-20-11(12)3)13-8-7-10(2)14(17)15(13)18/h5-9,16,19H,4H2,1-3H3. The van der Waals surface area contributed by atoms with Crippen LogP contribution in [0.2, 0.25) is 0 Å². The number of aryl methyl sites for hydroxylation is 2. The summed E-state index contributed by atoms with van der Waals surface area (Å²) in [6.45, 7) is 6.00. The fraction of sp³-hybridized carbons (Fsp3) is 0.312. The largest absolute Gasteiger partial charge is 0.306 e. The average molecular weight is 276 g/mol. The molecule has 0 aliphatic rings. The third-order valence-corrected chi connectivity index (χ3v) is 3.38. The zero-order valence-corrected chi connectivity index (χ0v) is 11.9. The first-order chi connectivity index (χ1) is 9.56. The Morgan fingerprint density at radius 2 is 1.85 bits per heavy atom. The van der Waals surface area contributed by atoms with Gasteiger partial charge >= 0.3 is 0 Å². The number of benzene rings is 1. The Balaban J connectivity index is 2.55. The van der Waals surface area contributed by atoms with Crippen molar-refractivity contribution in [1.29, 1.82) is 0 Å². The summed E-state index contributed by atoms with van der Waals surface area (Å²) < 4.78 is 28.0. The molecule has 20 heavy (non-hydrogen) atoms. The smallest absolute Gasteiger partial charge is 0.164 e. The van der Waals surface area contributed by atoms with Gasteiger partial charge in [0.25, 0.3) is 0 Å². The first kappa shape index (κ1) is 14.6. The summed E-state index contributed by atoms with van der Waals surface area (Å²) in [4.78, 5) is 4.22. The molecule has 106 valence electrons. The Morgan fingerprint density at radius 3 is 2.50 bits per heavy atom. The van der Waals surface area contributed by atoms with Crippen LogP contribution in [0.1, 0.15) is 35.3 Å². The van der Waals surface area contributed by atoms with E-state index >= 15 is 0 Å². The highest BCUT2D eigenvalue weighted by Crippen LogP contribution is 2.28. The lowest BCUT2D eigenvalue weighted by Gasteiger charge is -2.21. The van der Waals surface area contributed by atoms with E-state index in [0.29, 0.717) is 17.7 Å². The van der Waals surface area contributed by atoms with Gasteiger partial charge < -0.3 is 5.32 Å². The maximum Gasteiger partial charge on any atom is 0.164 e. The van der Waals surface area contributed by atoms with Gasteiger partial charge in [-0.2, -0.15) is 0 Å². The fourth-order valence-electron chi connectivity index (χ4n) is 2.28. The molecule has 1 unspecified atom stereocenters. The monoisotopic (exact) mass is 276 g/mol. The number of aromatic nitrogens is 1. The maximum atomic E-state index is 14.2. The van der Waals surface area contributed by atoms with Crippen molar-refractivity contribution >= 4 is 0 Å². The highest BCUT2D eigenvalue weighted by Gasteiger charge is 2.22. The molecule has 1 aromatic heterocycles. The fourth-order valence-corrected chi connectivity index (χ4v) is 2.28. The molecule has 1 heterocycles. The van der Waals surface area contributed by atoms with Crippen LogP contribution in [0.4, 0.5) is 8.78 Å². The molecule has 0 saturated carbocycles. The third-order valence-electron chi connectivity index (χ3n) is 3.38. The molecule has 2 rings (SSSR count). The van der Waals surface area contributed by atoms with Crippen LogP contribution in [0, 0.1) is 25.5 Å². The lowest BCUT2D eigenvalue weighted by molar-refractivity contribution is 0.478. The Bertz CT molecular complexity index is 611. The van der Waals surface area contributed by atoms with Crippen LogP contribution in [0.25, 0.3) is 0 Å². The van der Waals surface area contributed by atoms with Crippen molar-refractivity contribution in [3.63, 3.8) is 0 Å². The summed E-state index contributed by atoms with van der Waals surface area (Å²) in [5.41, 5.74) is 2.28. The van der Waals surface area contributed by atoms with Crippen molar-refractivity contribution < 1.29 is 8.78 Å². The van der Waals surface area contributed by atoms with Crippen LogP contribution in [-0.4, -0.2) is 11.5 Å². The van der Waals surface area contributed by atoms with Crippen molar-refractivity contribution in [3.8, 4) is 0 Å². The van der Waals surface area contributed by atoms with Gasteiger partial charge in [-0.15, -0.1) is 0 Å². The Labute approximate surface area is 117 Å². The Kier molecular flexibility index (Phi) is 4.45. The van der Waals surface area contributed by atoms with Gasteiger partial charge in [-0.25, -0.2) is 8.78 Å². The van der Waals surface area contributed by atoms with Gasteiger partial charge in [0.15, 0.2) is 11.6 Å². The van der Waals surface area contributed by atoms with Gasteiger partial charge in [-0.05, 0) is 37.6 Å². The quantitative estimate of drug-likeness (QED) is 0.921. The summed E-state index contributed by atoms with van der Waals surface area (Å²) in [7, 11) is 0. The molecule has 0 spiro atoms. The SMILES string of the molecule is CCNC(c1cccnc1C)c1ccc(C)c(F)c1F. The summed E-state index contributed by atoms with van der Waals surface area (Å²) in [6, 6.07) is 6.52. The van der Waals surface area contributed by atoms with E-state index in [1.165, 1.54) is 0 Å². The summed E-state index contributed by atoms with van der Waals surface area (Å²) >= 11 is 0. The van der Waals surface area contributed by atoms with E-state index in [2.05, 4.69) is 10.3 Å². The van der Waals surface area contributed by atoms with Crippen LogP contribution in [0.5, 0.6) is 0 Å². The molecule has 1 atom stereocenters. The summed E-state index contributed by atoms with van der Waals surface area (Å²) in [5, 5.41) is 3.20. The molecule has 2 nitrogen and oxygen atoms in total. The molecule has 1 aromatic carbocycles. The van der Waals surface area contributed by atoms with E-state index in [4.69, 9.17) is 0 Å². The van der Waals surface area contributed by atoms with E-state index in [1.807, 2.05) is 19.9 Å². The van der Waals surface area contributed by atoms with Gasteiger partial charge in [-0.1, -0.05) is 25.1 Å². The number of rotatable bonds is 4. The van der Waals surface area contributed by atoms with Crippen LogP contribution >= 0.6 is 0 Å². The average Bonchev–Trinajstić information content (AvgIpc) is 2.44. The van der Waals surface area contributed by atoms with Crippen LogP contribution < -0.4 is 5.32 Å². The van der Waals surface area contributed by atoms with Crippen molar-refractivity contribution in [2.45, 2.75) is 26.8 Å². The van der Waals surface area contributed by atoms with Crippen molar-refractivity contribution in [2.24, 2.45) is 0 Å². The van der Waals surface area contributed by atoms with Crippen molar-refractivity contribution in [3.05, 3.63) is 64.5 Å². The number of halogens is 2. The van der Waals surface area contributed by atoms with Gasteiger partial charge in [0, 0.05) is 17.5 Å². The summed E-state index contributed by atoms with van der Waals surface area (Å²) in [5.74, 6) is -1.58. The topological polar surface area (TPSA) is 24.9 Å². The third kappa shape index (κ3) is 2.70. The molecule has 0 aliphatic carbocycles. The molecule has 2 aromatic rings. The molecule has 0 amide bonds. The molecule has 0 fully saturated rings. The zero-order valence-electron chi connectivity index (χ0n) is 11.9. The van der Waals surface area contributed by atoms with Crippen LogP contribution in [0.3, 0.4) is 0 Å². The van der Waals surface area contributed by atoms with Gasteiger partial charge in [0.1, 0.15) is 0 Å². The van der Waals surface area contributed by atoms with Gasteiger partial charge in [-0.3, -0.25) is 4.98 Å². The molecule has 0 bridgehead atoms. The van der Waals surface area contributed by atoms with E-state index < -0.39 is 17.7 Å². The predicted octanol–water partition coefficient (Wildman–Crippen LogP) is 3.68. The number of hydrogen-bond acceptors (Lipinski definition) is 2. The maximum absolute atomic E-state index is 14.2. The van der Waals surface area contributed by atoms with E-state index in [9.17, 15) is 8.78 Å². The van der Waals surface area contributed by atoms with E-state index in [1.54, 1.807) is 31.3 Å². The van der Waals surface area contributed by atoms with Crippen molar-refractivity contribution in [1.82, 2.24) is 10.3 Å². The Hall–Kier alpha value is -1.81. The predicted molar refractivity (Wildman–Crippen MR) is 75.6 cm³/mol. The Morgan fingerprint density at radius 1 is 1.10 bits per heavy atom. The van der Waals surface area contributed by atoms with Gasteiger partial charge in [0.05, 0.1) is 6.04 Å². The normalized spacial score (nSPS) is 12.4. The van der Waals surface area contributed by atoms with Crippen molar-refractivity contribution in [2.75, 3.05) is 6.54 Å². The first-order valence-corrected chi connectivity index (χ1v) is 6.65. The minimum absolute atomic E-state index is 0.310. The summed E-state index contributed by atoms with van der Waals surface area (Å²) in [6.07, 6.45) is 1.69. The number of pyridine rings is 1. The molecule has 0 aliphatic heterocycles. The molecular weight excluding hydrogens is 258 g/mol. The second-order valence-electron chi connectivity index (χ2n) is 4.77. The number of nitrogens with one attached hydrogen (secondary N) is 1. The minimum atomic E-state index is -0.792. The van der Waals surface area contributed by atoms with E-state index in [-0.39, 0.29) is 0 Å².